The summed E-state index contributed by atoms with van der Waals surface area (Å²) >= 11 is 0. The van der Waals surface area contributed by atoms with Gasteiger partial charge in [-0.05, 0) is 89.9 Å². The number of ether oxygens (including phenoxy) is 11. The van der Waals surface area contributed by atoms with Gasteiger partial charge >= 0.3 is 31.3 Å². The van der Waals surface area contributed by atoms with Gasteiger partial charge in [-0.2, -0.15) is 0 Å². The van der Waals surface area contributed by atoms with E-state index < -0.39 is 154 Å². The summed E-state index contributed by atoms with van der Waals surface area (Å²) in [7, 11) is -18.5. The van der Waals surface area contributed by atoms with Crippen molar-refractivity contribution < 1.29 is 182 Å². The molecule has 0 spiro atoms. The van der Waals surface area contributed by atoms with Crippen molar-refractivity contribution in [3.05, 3.63) is 0 Å². The van der Waals surface area contributed by atoms with Gasteiger partial charge in [0.05, 0.1) is 148 Å². The van der Waals surface area contributed by atoms with Gasteiger partial charge in [0.2, 0.25) is 5.91 Å². The van der Waals surface area contributed by atoms with Crippen LogP contribution in [0.15, 0.2) is 0 Å². The van der Waals surface area contributed by atoms with Crippen LogP contribution >= 0.6 is 31.3 Å². The maximum Gasteiger partial charge on any atom is 0.472 e. The zero-order chi connectivity index (χ0) is 83.7. The number of carbonyl (C=O) groups is 1. The summed E-state index contributed by atoms with van der Waals surface area (Å²) in [6.07, 6.45) is -3.99. The lowest BCUT2D eigenvalue weighted by Gasteiger charge is -2.42. The number of rotatable bonds is 71. The lowest BCUT2D eigenvalue weighted by molar-refractivity contribution is -0.282. The van der Waals surface area contributed by atoms with E-state index in [1.807, 2.05) is 6.92 Å². The molecule has 0 bridgehead atoms. The Hall–Kier alpha value is -0.930. The molecule has 672 valence electrons. The molecule has 1 saturated carbocycles. The molecule has 2 aliphatic heterocycles. The number of aliphatic hydroxyl groups excluding tert-OH is 10. The number of unbranched alkanes of at least 4 members (excludes halogenated alkanes) is 9. The van der Waals surface area contributed by atoms with Crippen LogP contribution in [0.2, 0.25) is 0 Å². The van der Waals surface area contributed by atoms with Gasteiger partial charge in [-0.25, -0.2) is 18.3 Å². The molecule has 0 aromatic carbocycles. The van der Waals surface area contributed by atoms with Crippen molar-refractivity contribution in [2.75, 3.05) is 172 Å². The van der Waals surface area contributed by atoms with Gasteiger partial charge in [0.25, 0.3) is 0 Å². The van der Waals surface area contributed by atoms with Crippen molar-refractivity contribution in [2.45, 2.75) is 237 Å². The van der Waals surface area contributed by atoms with Crippen LogP contribution in [0.5, 0.6) is 0 Å². The first-order chi connectivity index (χ1) is 53.8. The largest absolute Gasteiger partial charge is 0.472 e. The highest BCUT2D eigenvalue weighted by Gasteiger charge is 2.46. The highest BCUT2D eigenvalue weighted by atomic mass is 31.2. The van der Waals surface area contributed by atoms with E-state index in [2.05, 4.69) is 19.2 Å². The molecule has 2 heterocycles. The monoisotopic (exact) mass is 1730 g/mol. The lowest BCUT2D eigenvalue weighted by Crippen LogP contribution is -2.61. The number of phosphoric ester groups is 4. The van der Waals surface area contributed by atoms with E-state index in [1.165, 1.54) is 6.92 Å². The van der Waals surface area contributed by atoms with Gasteiger partial charge in [-0.3, -0.25) is 41.0 Å². The van der Waals surface area contributed by atoms with Gasteiger partial charge in [0.1, 0.15) is 30.5 Å². The fourth-order valence-electron chi connectivity index (χ4n) is 11.9. The minimum absolute atomic E-state index is 0.0179. The molecule has 3 aliphatic rings. The maximum atomic E-state index is 13.6. The first-order valence-electron chi connectivity index (χ1n) is 39.7. The normalized spacial score (nSPS) is 27.6. The van der Waals surface area contributed by atoms with Crippen LogP contribution in [0.3, 0.4) is 0 Å². The Bertz CT molecular complexity index is 2530. The van der Waals surface area contributed by atoms with E-state index in [9.17, 15) is 93.7 Å². The highest BCUT2D eigenvalue weighted by Crippen LogP contribution is 2.47. The Labute approximate surface area is 665 Å². The second-order valence-corrected chi connectivity index (χ2v) is 35.1. The van der Waals surface area contributed by atoms with Crippen molar-refractivity contribution in [3.8, 4) is 0 Å². The number of hydrogen-bond acceptors (Lipinski definition) is 34. The van der Waals surface area contributed by atoms with E-state index in [-0.39, 0.29) is 183 Å². The molecule has 43 heteroatoms. The topological polar surface area (TPSA) is 556 Å². The van der Waals surface area contributed by atoms with Gasteiger partial charge in [-0.1, -0.05) is 66.2 Å². The molecule has 0 aromatic heterocycles. The average molecular weight is 1730 g/mol. The van der Waals surface area contributed by atoms with Crippen LogP contribution < -0.4 is 5.32 Å². The molecule has 3 rings (SSSR count). The van der Waals surface area contributed by atoms with Crippen LogP contribution in [0, 0.1) is 35.0 Å². The van der Waals surface area contributed by atoms with Gasteiger partial charge in [-0.15, -0.1) is 0 Å². The SMILES string of the molecule is CC(=O)N[C@H]1C(O)[C@@H](O)C(CO)C[C@H]1OCCCCCCOP(=O)(O)OCCCOCC(COCCCOP(=O)(O)OCCCCCCO[C@@H]1OC(CO)[C@H](O)C(O)[C@@H]1C)(COCCCOP(=O)(O)OCCCCCCO[C@@H]1OC(CO)[C@H](O)C(O)[C@@H]1C)COP(=O)(O)OCCCOCC(CO)COCCCOC(C)C(C)C. The van der Waals surface area contributed by atoms with Crippen LogP contribution in [0.4, 0.5) is 0 Å². The summed E-state index contributed by atoms with van der Waals surface area (Å²) in [6, 6.07) is -0.876. The Morgan fingerprint density at radius 3 is 1.12 bits per heavy atom. The molecule has 0 aromatic rings. The molecule has 2 saturated heterocycles. The molecule has 39 nitrogen and oxygen atoms in total. The zero-order valence-electron chi connectivity index (χ0n) is 66.9. The quantitative estimate of drug-likeness (QED) is 0.0305. The Morgan fingerprint density at radius 1 is 0.416 bits per heavy atom. The second kappa shape index (κ2) is 59.8. The summed E-state index contributed by atoms with van der Waals surface area (Å²) in [4.78, 5) is 54.3. The van der Waals surface area contributed by atoms with Crippen molar-refractivity contribution in [1.29, 1.82) is 0 Å². The first-order valence-corrected chi connectivity index (χ1v) is 45.7. The Kier molecular flexibility index (Phi) is 56.2. The standard InChI is InChI=1S/C70H139NO38P4/c1-51(2)54(5)96-32-19-24-91-45-56(41-72)46-92-25-20-36-106-113(89,90)107-50-70(48-94-27-22-38-104-111(85,86)101-34-17-11-8-14-30-98-68-52(3)62(77)65(80)59(43-74)108-68,49-95-28-23-39-105-112(87,88)102-35-18-12-9-15-31-99-69-53(4)63(78)66(81)60(44-75)109-69)47-93-26-21-37-103-110(83,84)100-33-16-10-7-13-29-97-58-40-57(42-73)64(79)67(82)61(58)71-55(6)76/h51-54,56-69,72-75,77-82H,7-50H2,1-6H3,(H,71,76)(H,83,84)(H,85,86)(H,87,88)(H,89,90)/t52-,53-,54?,56?,57?,58+,59?,60?,61+,62?,63?,64-,65-,66-,67?,68+,69+,70?/m0/s1. The lowest BCUT2D eigenvalue weighted by atomic mass is 9.79. The predicted molar refractivity (Wildman–Crippen MR) is 403 cm³/mol. The number of amides is 1. The molecule has 15 N–H and O–H groups in total. The average Bonchev–Trinajstić information content (AvgIpc) is 0.845. The van der Waals surface area contributed by atoms with Crippen molar-refractivity contribution in [2.24, 2.45) is 35.0 Å². The number of phosphoric acid groups is 4. The minimum atomic E-state index is -4.88. The molecule has 113 heavy (non-hydrogen) atoms. The van der Waals surface area contributed by atoms with Crippen molar-refractivity contribution in [3.63, 3.8) is 0 Å². The zero-order valence-corrected chi connectivity index (χ0v) is 70.4. The smallest absolute Gasteiger partial charge is 0.396 e. The molecule has 12 unspecified atom stereocenters. The van der Waals surface area contributed by atoms with E-state index in [0.717, 1.165) is 0 Å². The summed E-state index contributed by atoms with van der Waals surface area (Å²) in [5, 5.41) is 103. The highest BCUT2D eigenvalue weighted by molar-refractivity contribution is 7.48. The van der Waals surface area contributed by atoms with Crippen molar-refractivity contribution in [1.82, 2.24) is 5.32 Å². The molecular weight excluding hydrogens is 1590 g/mol. The van der Waals surface area contributed by atoms with E-state index >= 15 is 0 Å². The Balaban J connectivity index is 1.61. The van der Waals surface area contributed by atoms with Crippen molar-refractivity contribution >= 4 is 37.2 Å². The third-order valence-corrected chi connectivity index (χ3v) is 23.1. The van der Waals surface area contributed by atoms with Gasteiger partial charge in [0.15, 0.2) is 12.6 Å². The molecule has 0 radical (unpaired) electrons. The molecule has 21 atom stereocenters. The number of carbonyl (C=O) groups excluding carboxylic acids is 1. The molecular formula is C70H139NO38P4. The number of nitrogens with one attached hydrogen (secondary N) is 1. The van der Waals surface area contributed by atoms with E-state index in [0.29, 0.717) is 103 Å². The van der Waals surface area contributed by atoms with E-state index in [4.69, 9.17) is 88.3 Å². The first kappa shape index (κ1) is 106. The second-order valence-electron chi connectivity index (χ2n) is 29.3. The summed E-state index contributed by atoms with van der Waals surface area (Å²) in [6.45, 7) is 7.64. The summed E-state index contributed by atoms with van der Waals surface area (Å²) in [5.74, 6) is -2.11. The number of hydrogen-bond donors (Lipinski definition) is 15. The minimum Gasteiger partial charge on any atom is -0.396 e. The fourth-order valence-corrected chi connectivity index (χ4v) is 15.1. The van der Waals surface area contributed by atoms with Crippen LogP contribution in [0.1, 0.15) is 157 Å². The summed E-state index contributed by atoms with van der Waals surface area (Å²) in [5.41, 5.74) is -1.48. The predicted octanol–water partition coefficient (Wildman–Crippen LogP) is 3.70. The molecule has 3 fully saturated rings. The van der Waals surface area contributed by atoms with Gasteiger partial charge in [0, 0.05) is 96.7 Å². The number of aliphatic hydroxyl groups is 10. The van der Waals surface area contributed by atoms with Crippen LogP contribution in [0.25, 0.3) is 0 Å². The molecule has 1 amide bonds. The van der Waals surface area contributed by atoms with Gasteiger partial charge < -0.3 is 128 Å². The van der Waals surface area contributed by atoms with E-state index in [1.54, 1.807) is 13.8 Å². The fraction of sp³-hybridized carbons (Fsp3) is 0.986. The Morgan fingerprint density at radius 2 is 0.761 bits per heavy atom. The summed E-state index contributed by atoms with van der Waals surface area (Å²) < 4.78 is 158. The maximum absolute atomic E-state index is 13.6. The van der Waals surface area contributed by atoms with Crippen LogP contribution in [-0.4, -0.2) is 328 Å². The third kappa shape index (κ3) is 45.7. The molecule has 1 aliphatic carbocycles. The third-order valence-electron chi connectivity index (χ3n) is 19.1. The van der Waals surface area contributed by atoms with Crippen LogP contribution in [-0.2, 0) is 111 Å².